The molecule has 1 fully saturated rings. The van der Waals surface area contributed by atoms with E-state index in [1.807, 2.05) is 34.3 Å². The summed E-state index contributed by atoms with van der Waals surface area (Å²) in [6, 6.07) is 17.2. The molecule has 4 rings (SSSR count). The van der Waals surface area contributed by atoms with E-state index >= 15 is 0 Å². The van der Waals surface area contributed by atoms with Gasteiger partial charge in [0, 0.05) is 23.2 Å². The van der Waals surface area contributed by atoms with Crippen molar-refractivity contribution in [3.05, 3.63) is 76.2 Å². The van der Waals surface area contributed by atoms with E-state index in [1.165, 1.54) is 41.5 Å². The zero-order valence-corrected chi connectivity index (χ0v) is 16.0. The first kappa shape index (κ1) is 17.9. The maximum absolute atomic E-state index is 14.4. The lowest BCUT2D eigenvalue weighted by Crippen LogP contribution is -2.15. The number of benzene rings is 2. The summed E-state index contributed by atoms with van der Waals surface area (Å²) in [6.45, 7) is 0.687. The fourth-order valence-corrected chi connectivity index (χ4v) is 4.16. The summed E-state index contributed by atoms with van der Waals surface area (Å²) >= 11 is 1.52. The van der Waals surface area contributed by atoms with Crippen LogP contribution in [0, 0.1) is 5.82 Å². The maximum atomic E-state index is 14.4. The van der Waals surface area contributed by atoms with Crippen molar-refractivity contribution in [3.8, 4) is 11.3 Å². The summed E-state index contributed by atoms with van der Waals surface area (Å²) in [6.07, 6.45) is 5.27. The van der Waals surface area contributed by atoms with Crippen molar-refractivity contribution in [3.63, 3.8) is 0 Å². The van der Waals surface area contributed by atoms with E-state index in [0.29, 0.717) is 12.1 Å². The van der Waals surface area contributed by atoms with Gasteiger partial charge in [-0.25, -0.2) is 9.07 Å². The predicted octanol–water partition coefficient (Wildman–Crippen LogP) is 5.28. The van der Waals surface area contributed by atoms with Crippen molar-refractivity contribution in [1.29, 1.82) is 0 Å². The van der Waals surface area contributed by atoms with Crippen molar-refractivity contribution in [1.82, 2.24) is 4.68 Å². The van der Waals surface area contributed by atoms with Crippen molar-refractivity contribution in [2.45, 2.75) is 32.1 Å². The van der Waals surface area contributed by atoms with Gasteiger partial charge in [0.2, 0.25) is 4.80 Å². The van der Waals surface area contributed by atoms with Crippen LogP contribution in [-0.2, 0) is 6.42 Å². The Morgan fingerprint density at radius 1 is 0.963 bits per heavy atom. The zero-order chi connectivity index (χ0) is 18.5. The second-order valence-corrected chi connectivity index (χ2v) is 7.52. The molecule has 27 heavy (non-hydrogen) atoms. The van der Waals surface area contributed by atoms with Gasteiger partial charge in [0.15, 0.2) is 0 Å². The highest BCUT2D eigenvalue weighted by Crippen LogP contribution is 2.24. The Balaban J connectivity index is 1.70. The summed E-state index contributed by atoms with van der Waals surface area (Å²) in [5.74, 6) is -0.230. The van der Waals surface area contributed by atoms with Gasteiger partial charge in [-0.1, -0.05) is 42.5 Å². The molecular formula is C22H22FN3S. The third-order valence-electron chi connectivity index (χ3n) is 4.75. The van der Waals surface area contributed by atoms with Crippen LogP contribution < -0.4 is 4.80 Å². The number of rotatable bonds is 5. The van der Waals surface area contributed by atoms with Crippen LogP contribution in [-0.4, -0.2) is 16.9 Å². The molecule has 0 bridgehead atoms. The lowest BCUT2D eigenvalue weighted by molar-refractivity contribution is 0.629. The molecule has 0 radical (unpaired) electrons. The normalized spacial score (nSPS) is 14.7. The lowest BCUT2D eigenvalue weighted by Gasteiger charge is -2.06. The van der Waals surface area contributed by atoms with Crippen LogP contribution in [0.3, 0.4) is 0 Å². The highest BCUT2D eigenvalue weighted by molar-refractivity contribution is 7.07. The molecule has 3 aromatic rings. The third-order valence-corrected chi connectivity index (χ3v) is 5.60. The molecule has 138 valence electrons. The molecule has 1 aromatic heterocycles. The van der Waals surface area contributed by atoms with Crippen LogP contribution in [0.25, 0.3) is 11.3 Å². The molecule has 0 amide bonds. The molecule has 0 spiro atoms. The van der Waals surface area contributed by atoms with Gasteiger partial charge in [0.1, 0.15) is 5.82 Å². The third kappa shape index (κ3) is 4.25. The standard InChI is InChI=1S/C22H22FN3S/c23-20-13-7-6-12-19(20)21-16-27-22(26(21)25-18-10-4-5-11-18)24-15-14-17-8-2-1-3-9-17/h1-3,6-9,12-13,16H,4-5,10-11,14-15H2. The molecule has 0 N–H and O–H groups in total. The quantitative estimate of drug-likeness (QED) is 0.577. The SMILES string of the molecule is Fc1ccccc1-c1csc(=NCCc2ccccc2)n1N=C1CCCC1. The second-order valence-electron chi connectivity index (χ2n) is 6.69. The minimum Gasteiger partial charge on any atom is -0.257 e. The van der Waals surface area contributed by atoms with Crippen molar-refractivity contribution >= 4 is 17.0 Å². The van der Waals surface area contributed by atoms with Crippen molar-refractivity contribution in [2.24, 2.45) is 10.1 Å². The van der Waals surface area contributed by atoms with E-state index in [2.05, 4.69) is 12.1 Å². The van der Waals surface area contributed by atoms with Crippen LogP contribution in [0.5, 0.6) is 0 Å². The van der Waals surface area contributed by atoms with Crippen LogP contribution in [0.2, 0.25) is 0 Å². The summed E-state index contributed by atoms with van der Waals surface area (Å²) in [5.41, 5.74) is 3.79. The van der Waals surface area contributed by atoms with Crippen molar-refractivity contribution < 1.29 is 4.39 Å². The Morgan fingerprint density at radius 3 is 2.48 bits per heavy atom. The van der Waals surface area contributed by atoms with Gasteiger partial charge in [-0.3, -0.25) is 4.99 Å². The summed E-state index contributed by atoms with van der Waals surface area (Å²) in [4.78, 5) is 5.59. The first-order valence-electron chi connectivity index (χ1n) is 9.38. The molecule has 1 heterocycles. The van der Waals surface area contributed by atoms with Gasteiger partial charge in [-0.2, -0.15) is 5.10 Å². The molecule has 2 aromatic carbocycles. The minimum absolute atomic E-state index is 0.230. The highest BCUT2D eigenvalue weighted by Gasteiger charge is 2.14. The van der Waals surface area contributed by atoms with Gasteiger partial charge in [0.25, 0.3) is 0 Å². The Hall–Kier alpha value is -2.53. The Labute approximate surface area is 162 Å². The van der Waals surface area contributed by atoms with Crippen LogP contribution >= 0.6 is 11.3 Å². The number of halogens is 1. The van der Waals surface area contributed by atoms with E-state index in [9.17, 15) is 4.39 Å². The van der Waals surface area contributed by atoms with Crippen LogP contribution in [0.1, 0.15) is 31.2 Å². The van der Waals surface area contributed by atoms with Gasteiger partial charge in [-0.05, 0) is 49.8 Å². The first-order valence-corrected chi connectivity index (χ1v) is 10.3. The van der Waals surface area contributed by atoms with Gasteiger partial charge in [-0.15, -0.1) is 11.3 Å². The molecule has 0 saturated heterocycles. The molecule has 1 saturated carbocycles. The average Bonchev–Trinajstić information content (AvgIpc) is 3.34. The molecule has 0 atom stereocenters. The number of nitrogens with zero attached hydrogens (tertiary/aromatic N) is 3. The first-order chi connectivity index (χ1) is 13.3. The zero-order valence-electron chi connectivity index (χ0n) is 15.1. The van der Waals surface area contributed by atoms with Gasteiger partial charge in [0.05, 0.1) is 5.69 Å². The smallest absolute Gasteiger partial charge is 0.206 e. The Kier molecular flexibility index (Phi) is 5.58. The van der Waals surface area contributed by atoms with Crippen LogP contribution in [0.4, 0.5) is 4.39 Å². The Bertz CT molecular complexity index is 994. The van der Waals surface area contributed by atoms with Gasteiger partial charge < -0.3 is 0 Å². The number of hydrogen-bond acceptors (Lipinski definition) is 3. The molecule has 0 aliphatic heterocycles. The molecule has 1 aliphatic rings. The topological polar surface area (TPSA) is 29.6 Å². The van der Waals surface area contributed by atoms with E-state index in [4.69, 9.17) is 10.1 Å². The molecule has 5 heteroatoms. The summed E-state index contributed by atoms with van der Waals surface area (Å²) in [5, 5.41) is 6.80. The van der Waals surface area contributed by atoms with Crippen LogP contribution in [0.15, 0.2) is 70.1 Å². The monoisotopic (exact) mass is 379 g/mol. The summed E-state index contributed by atoms with van der Waals surface area (Å²) in [7, 11) is 0. The van der Waals surface area contributed by atoms with E-state index in [1.54, 1.807) is 12.1 Å². The molecule has 0 unspecified atom stereocenters. The van der Waals surface area contributed by atoms with Gasteiger partial charge >= 0.3 is 0 Å². The maximum Gasteiger partial charge on any atom is 0.206 e. The summed E-state index contributed by atoms with van der Waals surface area (Å²) < 4.78 is 16.2. The fourth-order valence-electron chi connectivity index (χ4n) is 3.31. The average molecular weight is 380 g/mol. The number of hydrogen-bond donors (Lipinski definition) is 0. The van der Waals surface area contributed by atoms with E-state index < -0.39 is 0 Å². The second kappa shape index (κ2) is 8.44. The van der Waals surface area contributed by atoms with E-state index in [-0.39, 0.29) is 5.82 Å². The molecular weight excluding hydrogens is 357 g/mol. The Morgan fingerprint density at radius 2 is 1.70 bits per heavy atom. The minimum atomic E-state index is -0.230. The highest BCUT2D eigenvalue weighted by atomic mass is 32.1. The predicted molar refractivity (Wildman–Crippen MR) is 110 cm³/mol. The molecule has 1 aliphatic carbocycles. The van der Waals surface area contributed by atoms with E-state index in [0.717, 1.165) is 29.8 Å². The lowest BCUT2D eigenvalue weighted by atomic mass is 10.1. The number of aromatic nitrogens is 1. The van der Waals surface area contributed by atoms with Crippen molar-refractivity contribution in [2.75, 3.05) is 6.54 Å². The molecule has 3 nitrogen and oxygen atoms in total. The fraction of sp³-hybridized carbons (Fsp3) is 0.273. The largest absolute Gasteiger partial charge is 0.257 e. The number of thiazole rings is 1.